The van der Waals surface area contributed by atoms with Crippen LogP contribution >= 0.6 is 0 Å². The number of benzene rings is 1. The van der Waals surface area contributed by atoms with Crippen molar-refractivity contribution in [2.24, 2.45) is 17.6 Å². The highest BCUT2D eigenvalue weighted by atomic mass is 16.8. The van der Waals surface area contributed by atoms with Gasteiger partial charge in [-0.2, -0.15) is 0 Å². The van der Waals surface area contributed by atoms with Crippen LogP contribution in [0.2, 0.25) is 0 Å². The highest BCUT2D eigenvalue weighted by Gasteiger charge is 2.38. The first-order valence-electron chi connectivity index (χ1n) is 14.9. The van der Waals surface area contributed by atoms with E-state index in [1.54, 1.807) is 13.8 Å². The van der Waals surface area contributed by atoms with Crippen LogP contribution in [-0.2, 0) is 30.2 Å². The molecule has 12 nitrogen and oxygen atoms in total. The number of carboxylic acids is 1. The molecule has 1 aliphatic rings. The van der Waals surface area contributed by atoms with E-state index < -0.39 is 48.3 Å². The summed E-state index contributed by atoms with van der Waals surface area (Å²) in [4.78, 5) is 49.5. The molecule has 4 atom stereocenters. The molecule has 1 aromatic rings. The lowest BCUT2D eigenvalue weighted by molar-refractivity contribution is -0.144. The molecule has 43 heavy (non-hydrogen) atoms. The molecule has 0 spiro atoms. The van der Waals surface area contributed by atoms with Gasteiger partial charge in [-0.3, -0.25) is 4.79 Å². The Kier molecular flexibility index (Phi) is 13.6. The van der Waals surface area contributed by atoms with Crippen molar-refractivity contribution in [1.29, 1.82) is 0 Å². The van der Waals surface area contributed by atoms with Gasteiger partial charge in [0.25, 0.3) is 0 Å². The van der Waals surface area contributed by atoms with Gasteiger partial charge in [0.05, 0.1) is 0 Å². The summed E-state index contributed by atoms with van der Waals surface area (Å²) in [5.41, 5.74) is 4.79. The zero-order valence-corrected chi connectivity index (χ0v) is 26.3. The van der Waals surface area contributed by atoms with E-state index in [1.165, 1.54) is 25.1 Å². The molecule has 0 saturated heterocycles. The first kappa shape index (κ1) is 35.7. The lowest BCUT2D eigenvalue weighted by Crippen LogP contribution is -2.52. The molecule has 242 valence electrons. The maximum atomic E-state index is 12.5. The van der Waals surface area contributed by atoms with Crippen LogP contribution in [0.4, 0.5) is 14.4 Å². The number of hydrogen-bond acceptors (Lipinski definition) is 11. The minimum Gasteiger partial charge on any atom is -0.480 e. The summed E-state index contributed by atoms with van der Waals surface area (Å²) < 4.78 is 31.9. The maximum Gasteiger partial charge on any atom is 0.514 e. The van der Waals surface area contributed by atoms with Crippen molar-refractivity contribution in [3.05, 3.63) is 23.8 Å². The summed E-state index contributed by atoms with van der Waals surface area (Å²) in [5, 5.41) is 10.0. The van der Waals surface area contributed by atoms with Gasteiger partial charge in [-0.1, -0.05) is 40.2 Å². The average molecular weight is 610 g/mol. The number of ether oxygens (including phenoxy) is 6. The SMILES string of the molecule is CC(C)C(C)OC(=O)Oc1ccc(CC(N)(C[C@H](C)OC(=O)OC2CCCCC2)C(=O)O)cc1OC(=O)OC(C)C(C)C. The van der Waals surface area contributed by atoms with Crippen molar-refractivity contribution in [1.82, 2.24) is 0 Å². The molecule has 3 N–H and O–H groups in total. The Balaban J connectivity index is 2.21. The van der Waals surface area contributed by atoms with Gasteiger partial charge >= 0.3 is 24.4 Å². The molecule has 2 rings (SSSR count). The van der Waals surface area contributed by atoms with Crippen molar-refractivity contribution in [2.75, 3.05) is 0 Å². The topological polar surface area (TPSA) is 170 Å². The van der Waals surface area contributed by atoms with Gasteiger partial charge in [0.15, 0.2) is 11.5 Å². The first-order chi connectivity index (χ1) is 20.1. The van der Waals surface area contributed by atoms with Gasteiger partial charge in [-0.15, -0.1) is 0 Å². The number of hydrogen-bond donors (Lipinski definition) is 2. The monoisotopic (exact) mass is 609 g/mol. The smallest absolute Gasteiger partial charge is 0.480 e. The van der Waals surface area contributed by atoms with Crippen molar-refractivity contribution in [3.63, 3.8) is 0 Å². The minimum atomic E-state index is -1.87. The van der Waals surface area contributed by atoms with Gasteiger partial charge < -0.3 is 39.3 Å². The maximum absolute atomic E-state index is 12.5. The third-order valence-electron chi connectivity index (χ3n) is 7.55. The summed E-state index contributed by atoms with van der Waals surface area (Å²) in [6.45, 7) is 12.4. The molecule has 0 bridgehead atoms. The van der Waals surface area contributed by atoms with Crippen LogP contribution in [0.5, 0.6) is 11.5 Å². The molecule has 1 aliphatic carbocycles. The summed E-state index contributed by atoms with van der Waals surface area (Å²) in [6, 6.07) is 4.16. The van der Waals surface area contributed by atoms with Crippen LogP contribution in [0.15, 0.2) is 18.2 Å². The summed E-state index contributed by atoms with van der Waals surface area (Å²) in [5.74, 6) is -1.62. The second kappa shape index (κ2) is 16.3. The second-order valence-corrected chi connectivity index (χ2v) is 12.0. The van der Waals surface area contributed by atoms with E-state index in [-0.39, 0.29) is 42.3 Å². The normalized spacial score (nSPS) is 17.3. The Morgan fingerprint density at radius 3 is 1.86 bits per heavy atom. The average Bonchev–Trinajstić information content (AvgIpc) is 2.90. The number of aliphatic carboxylic acids is 1. The van der Waals surface area contributed by atoms with E-state index in [4.69, 9.17) is 34.2 Å². The lowest BCUT2D eigenvalue weighted by Gasteiger charge is -2.28. The molecule has 0 aliphatic heterocycles. The zero-order chi connectivity index (χ0) is 32.3. The van der Waals surface area contributed by atoms with Crippen molar-refractivity contribution in [2.45, 2.75) is 123 Å². The summed E-state index contributed by atoms with van der Waals surface area (Å²) in [7, 11) is 0. The van der Waals surface area contributed by atoms with Gasteiger partial charge in [-0.05, 0) is 76.0 Å². The van der Waals surface area contributed by atoms with Crippen LogP contribution < -0.4 is 15.2 Å². The Bertz CT molecular complexity index is 1100. The fourth-order valence-corrected chi connectivity index (χ4v) is 4.29. The molecular formula is C31H47NO11. The predicted molar refractivity (Wildman–Crippen MR) is 156 cm³/mol. The number of carbonyl (C=O) groups excluding carboxylic acids is 3. The number of rotatable bonds is 13. The highest BCUT2D eigenvalue weighted by molar-refractivity contribution is 5.79. The Morgan fingerprint density at radius 1 is 0.814 bits per heavy atom. The van der Waals surface area contributed by atoms with E-state index >= 15 is 0 Å². The molecule has 1 fully saturated rings. The quantitative estimate of drug-likeness (QED) is 0.144. The molecule has 0 radical (unpaired) electrons. The third kappa shape index (κ3) is 11.9. The van der Waals surface area contributed by atoms with Gasteiger partial charge in [0.2, 0.25) is 0 Å². The summed E-state index contributed by atoms with van der Waals surface area (Å²) in [6.07, 6.45) is -0.799. The Labute approximate surface area is 253 Å². The van der Waals surface area contributed by atoms with E-state index in [9.17, 15) is 24.3 Å². The lowest BCUT2D eigenvalue weighted by atomic mass is 9.86. The number of carboxylic acid groups (broad SMARTS) is 1. The van der Waals surface area contributed by atoms with Crippen LogP contribution in [0.25, 0.3) is 0 Å². The molecule has 0 aromatic heterocycles. The van der Waals surface area contributed by atoms with Crippen molar-refractivity contribution < 1.29 is 52.7 Å². The number of carbonyl (C=O) groups is 4. The van der Waals surface area contributed by atoms with Gasteiger partial charge in [-0.25, -0.2) is 14.4 Å². The first-order valence-corrected chi connectivity index (χ1v) is 14.9. The minimum absolute atomic E-state index is 0.0136. The highest BCUT2D eigenvalue weighted by Crippen LogP contribution is 2.32. The predicted octanol–water partition coefficient (Wildman–Crippen LogP) is 6.40. The Hall–Kier alpha value is -3.54. The van der Waals surface area contributed by atoms with Gasteiger partial charge in [0.1, 0.15) is 30.0 Å². The van der Waals surface area contributed by atoms with E-state index in [1.807, 2.05) is 27.7 Å². The molecule has 3 unspecified atom stereocenters. The van der Waals surface area contributed by atoms with Crippen LogP contribution in [0, 0.1) is 11.8 Å². The standard InChI is InChI=1S/C31H47NO11/c1-18(2)21(6)39-29(36)42-25-14-13-23(15-26(25)43-30(37)40-22(7)19(3)4)17-31(32,27(33)34)16-20(5)38-28(35)41-24-11-9-8-10-12-24/h13-15,18-22,24H,8-12,16-17,32H2,1-7H3,(H,33,34)/t20-,21?,22?,31?/m0/s1. The zero-order valence-electron chi connectivity index (χ0n) is 26.3. The summed E-state index contributed by atoms with van der Waals surface area (Å²) >= 11 is 0. The van der Waals surface area contributed by atoms with E-state index in [2.05, 4.69) is 0 Å². The van der Waals surface area contributed by atoms with E-state index in [0.717, 1.165) is 32.1 Å². The molecule has 1 saturated carbocycles. The fraction of sp³-hybridized carbons (Fsp3) is 0.677. The molecule has 0 heterocycles. The second-order valence-electron chi connectivity index (χ2n) is 12.0. The Morgan fingerprint density at radius 2 is 1.35 bits per heavy atom. The van der Waals surface area contributed by atoms with Gasteiger partial charge in [0, 0.05) is 12.8 Å². The van der Waals surface area contributed by atoms with E-state index in [0.29, 0.717) is 5.56 Å². The molecule has 12 heteroatoms. The third-order valence-corrected chi connectivity index (χ3v) is 7.55. The fourth-order valence-electron chi connectivity index (χ4n) is 4.29. The van der Waals surface area contributed by atoms with Crippen LogP contribution in [0.1, 0.15) is 92.6 Å². The molecule has 1 aromatic carbocycles. The molecular weight excluding hydrogens is 562 g/mol. The van der Waals surface area contributed by atoms with Crippen molar-refractivity contribution in [3.8, 4) is 11.5 Å². The number of nitrogens with two attached hydrogens (primary N) is 1. The van der Waals surface area contributed by atoms with Crippen LogP contribution in [-0.4, -0.2) is 59.5 Å². The van der Waals surface area contributed by atoms with Crippen molar-refractivity contribution >= 4 is 24.4 Å². The molecule has 0 amide bonds. The largest absolute Gasteiger partial charge is 0.514 e. The van der Waals surface area contributed by atoms with Crippen LogP contribution in [0.3, 0.4) is 0 Å².